The van der Waals surface area contributed by atoms with Crippen LogP contribution in [0.25, 0.3) is 0 Å². The molecule has 1 saturated heterocycles. The van der Waals surface area contributed by atoms with Crippen LogP contribution in [0.3, 0.4) is 0 Å². The minimum Gasteiger partial charge on any atom is -0.368 e. The van der Waals surface area contributed by atoms with Crippen LogP contribution in [0, 0.1) is 13.8 Å². The number of primary amides is 1. The molecular formula is C22H24ClN7O. The lowest BCUT2D eigenvalue weighted by Crippen LogP contribution is -2.47. The van der Waals surface area contributed by atoms with Gasteiger partial charge in [-0.25, -0.2) is 9.97 Å². The second-order valence-electron chi connectivity index (χ2n) is 7.54. The van der Waals surface area contributed by atoms with E-state index in [1.54, 1.807) is 18.2 Å². The maximum Gasteiger partial charge on any atom is 0.250 e. The van der Waals surface area contributed by atoms with Crippen molar-refractivity contribution in [2.24, 2.45) is 5.73 Å². The summed E-state index contributed by atoms with van der Waals surface area (Å²) < 4.78 is 0. The van der Waals surface area contributed by atoms with Crippen LogP contribution in [0.5, 0.6) is 0 Å². The molecule has 1 aliphatic heterocycles. The monoisotopic (exact) mass is 437 g/mol. The van der Waals surface area contributed by atoms with E-state index in [1.165, 1.54) is 23.1 Å². The summed E-state index contributed by atoms with van der Waals surface area (Å²) in [5.41, 5.74) is 10.1. The zero-order valence-corrected chi connectivity index (χ0v) is 18.2. The van der Waals surface area contributed by atoms with E-state index in [0.717, 1.165) is 26.2 Å². The minimum atomic E-state index is -0.591. The Bertz CT molecular complexity index is 1110. The van der Waals surface area contributed by atoms with Crippen LogP contribution in [0.1, 0.15) is 21.5 Å². The highest BCUT2D eigenvalue weighted by molar-refractivity contribution is 6.33. The largest absolute Gasteiger partial charge is 0.368 e. The smallest absolute Gasteiger partial charge is 0.250 e. The molecule has 0 atom stereocenters. The molecule has 3 N–H and O–H groups in total. The van der Waals surface area contributed by atoms with E-state index >= 15 is 0 Å². The van der Waals surface area contributed by atoms with Gasteiger partial charge >= 0.3 is 0 Å². The van der Waals surface area contributed by atoms with Crippen molar-refractivity contribution in [3.05, 3.63) is 64.4 Å². The number of aryl methyl sites for hydroxylation is 2. The highest BCUT2D eigenvalue weighted by Gasteiger charge is 2.20. The number of benzene rings is 2. The average molecular weight is 438 g/mol. The van der Waals surface area contributed by atoms with Gasteiger partial charge in [-0.1, -0.05) is 17.7 Å². The van der Waals surface area contributed by atoms with Crippen LogP contribution in [0.15, 0.2) is 42.7 Å². The van der Waals surface area contributed by atoms with Crippen molar-refractivity contribution in [1.29, 1.82) is 0 Å². The lowest BCUT2D eigenvalue weighted by Gasteiger charge is -2.36. The Morgan fingerprint density at radius 2 is 1.74 bits per heavy atom. The number of hydrogen-bond donors (Lipinski definition) is 2. The van der Waals surface area contributed by atoms with Gasteiger partial charge in [-0.05, 0) is 55.3 Å². The second kappa shape index (κ2) is 8.77. The maximum absolute atomic E-state index is 11.5. The Balaban J connectivity index is 1.44. The number of carbonyl (C=O) groups excluding carboxylic acids is 1. The predicted molar refractivity (Wildman–Crippen MR) is 123 cm³/mol. The van der Waals surface area contributed by atoms with E-state index in [1.807, 2.05) is 0 Å². The molecule has 0 saturated carbocycles. The van der Waals surface area contributed by atoms with E-state index in [2.05, 4.69) is 62.1 Å². The van der Waals surface area contributed by atoms with Crippen molar-refractivity contribution < 1.29 is 4.79 Å². The summed E-state index contributed by atoms with van der Waals surface area (Å²) in [4.78, 5) is 29.1. The molecule has 3 aromatic rings. The number of carbonyl (C=O) groups is 1. The lowest BCUT2D eigenvalue weighted by atomic mass is 10.1. The predicted octanol–water partition coefficient (Wildman–Crippen LogP) is 3.31. The van der Waals surface area contributed by atoms with Crippen molar-refractivity contribution in [3.63, 3.8) is 0 Å². The standard InChI is InChI=1S/C22H24ClN7O/c1-14-3-5-17(11-15(14)2)29-7-9-30(10-8-29)22-26-13-25-21(28-22)27-16-4-6-19(23)18(12-16)20(24)31/h3-6,11-13H,7-10H2,1-2H3,(H2,24,31)(H,25,26,27,28). The van der Waals surface area contributed by atoms with Gasteiger partial charge in [0.15, 0.2) is 0 Å². The van der Waals surface area contributed by atoms with Crippen molar-refractivity contribution in [3.8, 4) is 0 Å². The van der Waals surface area contributed by atoms with Crippen molar-refractivity contribution in [2.45, 2.75) is 13.8 Å². The first-order chi connectivity index (χ1) is 14.9. The Morgan fingerprint density at radius 3 is 2.45 bits per heavy atom. The molecule has 9 heteroatoms. The summed E-state index contributed by atoms with van der Waals surface area (Å²) >= 11 is 6.01. The van der Waals surface area contributed by atoms with E-state index in [4.69, 9.17) is 17.3 Å². The Labute approximate surface area is 186 Å². The molecule has 31 heavy (non-hydrogen) atoms. The maximum atomic E-state index is 11.5. The Hall–Kier alpha value is -3.39. The van der Waals surface area contributed by atoms with Crippen LogP contribution in [0.2, 0.25) is 5.02 Å². The van der Waals surface area contributed by atoms with Crippen LogP contribution in [0.4, 0.5) is 23.3 Å². The number of amides is 1. The molecule has 0 bridgehead atoms. The first kappa shape index (κ1) is 20.9. The topological polar surface area (TPSA) is 100 Å². The van der Waals surface area contributed by atoms with Gasteiger partial charge in [-0.15, -0.1) is 0 Å². The molecule has 1 amide bonds. The third-order valence-electron chi connectivity index (χ3n) is 5.47. The summed E-state index contributed by atoms with van der Waals surface area (Å²) in [7, 11) is 0. The fraction of sp³-hybridized carbons (Fsp3) is 0.273. The van der Waals surface area contributed by atoms with E-state index < -0.39 is 5.91 Å². The van der Waals surface area contributed by atoms with Crippen molar-refractivity contribution in [1.82, 2.24) is 15.0 Å². The van der Waals surface area contributed by atoms with Gasteiger partial charge in [0.05, 0.1) is 10.6 Å². The number of halogens is 1. The van der Waals surface area contributed by atoms with Gasteiger partial charge in [-0.2, -0.15) is 4.98 Å². The molecule has 0 aliphatic carbocycles. The highest BCUT2D eigenvalue weighted by atomic mass is 35.5. The molecule has 1 aliphatic rings. The fourth-order valence-corrected chi connectivity index (χ4v) is 3.72. The molecule has 0 radical (unpaired) electrons. The third kappa shape index (κ3) is 4.69. The van der Waals surface area contributed by atoms with Gasteiger partial charge in [0.25, 0.3) is 0 Å². The van der Waals surface area contributed by atoms with E-state index in [-0.39, 0.29) is 5.56 Å². The molecule has 1 fully saturated rings. The van der Waals surface area contributed by atoms with Gasteiger partial charge in [0, 0.05) is 37.6 Å². The number of aromatic nitrogens is 3. The number of nitrogens with one attached hydrogen (secondary N) is 1. The molecule has 0 unspecified atom stereocenters. The first-order valence-corrected chi connectivity index (χ1v) is 10.4. The van der Waals surface area contributed by atoms with E-state index in [9.17, 15) is 4.79 Å². The molecule has 160 valence electrons. The Morgan fingerprint density at radius 1 is 1.00 bits per heavy atom. The minimum absolute atomic E-state index is 0.239. The van der Waals surface area contributed by atoms with Gasteiger partial charge < -0.3 is 20.9 Å². The number of anilines is 4. The van der Waals surface area contributed by atoms with Crippen molar-refractivity contribution in [2.75, 3.05) is 41.3 Å². The molecular weight excluding hydrogens is 414 g/mol. The zero-order valence-electron chi connectivity index (χ0n) is 17.5. The number of rotatable bonds is 5. The first-order valence-electron chi connectivity index (χ1n) is 10.0. The molecule has 2 aromatic carbocycles. The van der Waals surface area contributed by atoms with Gasteiger partial charge in [-0.3, -0.25) is 4.79 Å². The van der Waals surface area contributed by atoms with Crippen LogP contribution < -0.4 is 20.9 Å². The molecule has 4 rings (SSSR count). The lowest BCUT2D eigenvalue weighted by molar-refractivity contribution is 0.100. The summed E-state index contributed by atoms with van der Waals surface area (Å²) in [5, 5.41) is 3.39. The van der Waals surface area contributed by atoms with Crippen LogP contribution >= 0.6 is 11.6 Å². The van der Waals surface area contributed by atoms with Crippen molar-refractivity contribution >= 4 is 40.8 Å². The Kier molecular flexibility index (Phi) is 5.90. The number of nitrogens with zero attached hydrogens (tertiary/aromatic N) is 5. The molecule has 0 spiro atoms. The highest BCUT2D eigenvalue weighted by Crippen LogP contribution is 2.24. The molecule has 1 aromatic heterocycles. The quantitative estimate of drug-likeness (QED) is 0.631. The third-order valence-corrected chi connectivity index (χ3v) is 5.79. The van der Waals surface area contributed by atoms with Crippen LogP contribution in [-0.2, 0) is 0 Å². The SMILES string of the molecule is Cc1ccc(N2CCN(c3ncnc(Nc4ccc(Cl)c(C(N)=O)c4)n3)CC2)cc1C. The van der Waals surface area contributed by atoms with Gasteiger partial charge in [0.1, 0.15) is 6.33 Å². The fourth-order valence-electron chi connectivity index (χ4n) is 3.51. The zero-order chi connectivity index (χ0) is 22.0. The summed E-state index contributed by atoms with van der Waals surface area (Å²) in [6.45, 7) is 7.65. The molecule has 2 heterocycles. The summed E-state index contributed by atoms with van der Waals surface area (Å²) in [6.07, 6.45) is 1.48. The number of piperazine rings is 1. The number of nitrogens with two attached hydrogens (primary N) is 1. The average Bonchev–Trinajstić information content (AvgIpc) is 2.77. The summed E-state index contributed by atoms with van der Waals surface area (Å²) in [5.74, 6) is 0.410. The molecule has 8 nitrogen and oxygen atoms in total. The number of hydrogen-bond acceptors (Lipinski definition) is 7. The van der Waals surface area contributed by atoms with Gasteiger partial charge in [0.2, 0.25) is 17.8 Å². The van der Waals surface area contributed by atoms with Crippen LogP contribution in [-0.4, -0.2) is 47.0 Å². The second-order valence-corrected chi connectivity index (χ2v) is 7.94. The normalized spacial score (nSPS) is 13.9. The van der Waals surface area contributed by atoms with E-state index in [0.29, 0.717) is 22.6 Å². The summed E-state index contributed by atoms with van der Waals surface area (Å²) in [6, 6.07) is 11.5.